The molecule has 0 heterocycles. The second kappa shape index (κ2) is 45.2. The summed E-state index contributed by atoms with van der Waals surface area (Å²) in [6, 6.07) is 0. The number of carbonyl (C=O) groups excluding carboxylic acids is 3. The summed E-state index contributed by atoms with van der Waals surface area (Å²) >= 11 is 0.815. The molecule has 0 aromatic rings. The molecule has 0 saturated heterocycles. The quantitative estimate of drug-likeness (QED) is 0.171. The summed E-state index contributed by atoms with van der Waals surface area (Å²) in [6.07, 6.45) is 10.6. The second-order valence-corrected chi connectivity index (χ2v) is 11.0. The topological polar surface area (TPSA) is 120 Å². The van der Waals surface area contributed by atoms with Gasteiger partial charge in [-0.1, -0.05) is 80.1 Å². The van der Waals surface area contributed by atoms with E-state index in [1.807, 2.05) is 20.8 Å². The van der Waals surface area contributed by atoms with Crippen molar-refractivity contribution in [3.8, 4) is 0 Å². The van der Waals surface area contributed by atoms with Crippen LogP contribution in [-0.2, 0) is 14.4 Å². The molecule has 0 N–H and O–H groups in total. The third-order valence-corrected chi connectivity index (χ3v) is 6.93. The standard InChI is InChI=1S/3C8H16O2.2C2H5.Al.ClH.Li.Nd.H/c3*1-3-5-6-7(4-2)8(9)10;2*1-2;;;;;/h3*7H,3-6H2,1-2H3,(H,9,10);2*1H2,2H3;;1H;;;/q;;;;;+1;;+1;+3;-1/p-4. The van der Waals surface area contributed by atoms with Gasteiger partial charge in [0.25, 0.3) is 0 Å². The third kappa shape index (κ3) is 44.2. The first kappa shape index (κ1) is 55.2. The third-order valence-electron chi connectivity index (χ3n) is 5.77. The molecule has 1 radical (unpaired) electrons. The van der Waals surface area contributed by atoms with Crippen LogP contribution in [0.3, 0.4) is 0 Å². The van der Waals surface area contributed by atoms with Crippen LogP contribution in [0.4, 0.5) is 0 Å². The summed E-state index contributed by atoms with van der Waals surface area (Å²) in [5.41, 5.74) is 0. The van der Waals surface area contributed by atoms with Crippen molar-refractivity contribution < 1.29 is 103 Å². The van der Waals surface area contributed by atoms with E-state index in [2.05, 4.69) is 34.6 Å². The number of rotatable bonds is 17. The molecule has 0 aliphatic heterocycles. The van der Waals surface area contributed by atoms with Crippen LogP contribution < -0.4 is 46.6 Å². The van der Waals surface area contributed by atoms with Gasteiger partial charge in [-0.25, -0.2) is 0 Å². The predicted octanol–water partition coefficient (Wildman–Crippen LogP) is -1.45. The van der Waals surface area contributed by atoms with Crippen LogP contribution >= 0.6 is 0 Å². The van der Waals surface area contributed by atoms with Crippen LogP contribution in [0.15, 0.2) is 0 Å². The van der Waals surface area contributed by atoms with Crippen molar-refractivity contribution in [1.29, 1.82) is 0 Å². The van der Waals surface area contributed by atoms with Gasteiger partial charge in [-0.2, -0.15) is 0 Å². The number of hydrogen-bond acceptors (Lipinski definition) is 6. The van der Waals surface area contributed by atoms with Gasteiger partial charge >= 0.3 is 99.3 Å². The van der Waals surface area contributed by atoms with E-state index in [1.54, 1.807) is 0 Å². The average Bonchev–Trinajstić information content (AvgIpc) is 2.82. The van der Waals surface area contributed by atoms with Gasteiger partial charge in [0.15, 0.2) is 0 Å². The molecule has 0 rings (SSSR count). The average molecular weight is 702 g/mol. The van der Waals surface area contributed by atoms with Crippen molar-refractivity contribution in [3.05, 3.63) is 0 Å². The Morgan fingerprint density at radius 2 is 0.789 bits per heavy atom. The molecule has 0 fully saturated rings. The number of unbranched alkanes of at least 4 members (excludes halogenated alkanes) is 3. The molecule has 3 unspecified atom stereocenters. The van der Waals surface area contributed by atoms with E-state index in [-0.39, 0.29) is 91.3 Å². The van der Waals surface area contributed by atoms with Crippen molar-refractivity contribution in [2.45, 2.75) is 143 Å². The maximum atomic E-state index is 10.3. The largest absolute Gasteiger partial charge is 3.00 e. The summed E-state index contributed by atoms with van der Waals surface area (Å²) in [6.45, 7) is 16.3. The van der Waals surface area contributed by atoms with E-state index in [0.29, 0.717) is 19.3 Å². The van der Waals surface area contributed by atoms with Gasteiger partial charge in [0.1, 0.15) is 0 Å². The van der Waals surface area contributed by atoms with Crippen molar-refractivity contribution >= 4 is 33.1 Å². The summed E-state index contributed by atoms with van der Waals surface area (Å²) in [5, 5.41) is 33.8. The number of carbonyl (C=O) groups is 3. The molecule has 219 valence electrons. The maximum Gasteiger partial charge on any atom is 3.00 e. The van der Waals surface area contributed by atoms with Crippen LogP contribution in [0.2, 0.25) is 10.6 Å². The van der Waals surface area contributed by atoms with Crippen LogP contribution in [0.1, 0.15) is 134 Å². The SMILES string of the molecule is CCCCC(CC)C(=O)[O-].CCCCC(CC)C(=O)[O-].CCCCC(CC)C(=O)[O-].C[CH2][Al+][CH2]C.[Cl-].[H-].[Li+].[Nd+3]. The van der Waals surface area contributed by atoms with Crippen LogP contribution in [0.5, 0.6) is 0 Å². The fourth-order valence-corrected chi connectivity index (χ4v) is 3.68. The number of aliphatic carboxylic acids is 3. The number of carboxylic acid groups (broad SMARTS) is 3. The zero-order valence-corrected chi connectivity index (χ0v) is 31.2. The predicted molar refractivity (Wildman–Crippen MR) is 143 cm³/mol. The molecule has 0 spiro atoms. The Labute approximate surface area is 294 Å². The Balaban J connectivity index is -0.0000000542. The van der Waals surface area contributed by atoms with Crippen LogP contribution in [-0.4, -0.2) is 33.1 Å². The molecule has 0 aromatic carbocycles. The monoisotopic (exact) mass is 699 g/mol. The number of carboxylic acids is 3. The zero-order chi connectivity index (χ0) is 28.1. The maximum absolute atomic E-state index is 10.3. The van der Waals surface area contributed by atoms with Gasteiger partial charge in [-0.05, 0) is 56.3 Å². The summed E-state index contributed by atoms with van der Waals surface area (Å²) in [4.78, 5) is 31.0. The van der Waals surface area contributed by atoms with Gasteiger partial charge < -0.3 is 43.5 Å². The first-order valence-corrected chi connectivity index (χ1v) is 15.6. The number of halogens is 1. The van der Waals surface area contributed by atoms with Crippen LogP contribution in [0.25, 0.3) is 0 Å². The minimum atomic E-state index is -0.893. The molecule has 0 aromatic heterocycles. The summed E-state index contributed by atoms with van der Waals surface area (Å²) < 4.78 is 0. The molecule has 6 nitrogen and oxygen atoms in total. The first-order valence-electron chi connectivity index (χ1n) is 14.0. The first-order chi connectivity index (χ1) is 16.6. The molecule has 0 bridgehead atoms. The van der Waals surface area contributed by atoms with Crippen molar-refractivity contribution in [3.63, 3.8) is 0 Å². The van der Waals surface area contributed by atoms with E-state index < -0.39 is 17.9 Å². The molecule has 0 aliphatic carbocycles. The Morgan fingerprint density at radius 3 is 0.868 bits per heavy atom. The van der Waals surface area contributed by atoms with E-state index >= 15 is 0 Å². The van der Waals surface area contributed by atoms with E-state index in [0.717, 1.165) is 73.0 Å². The van der Waals surface area contributed by atoms with E-state index in [9.17, 15) is 29.7 Å². The smallest absolute Gasteiger partial charge is 1.00 e. The van der Waals surface area contributed by atoms with Gasteiger partial charge in [0.05, 0.1) is 0 Å². The Hall–Kier alpha value is 1.18. The normalized spacial score (nSPS) is 11.2. The summed E-state index contributed by atoms with van der Waals surface area (Å²) in [7, 11) is 0. The Kier molecular flexibility index (Phi) is 65.6. The molecule has 0 amide bonds. The molecule has 0 aliphatic rings. The minimum Gasteiger partial charge on any atom is -1.00 e. The summed E-state index contributed by atoms with van der Waals surface area (Å²) in [5.74, 6) is -3.34. The molecule has 10 heteroatoms. The van der Waals surface area contributed by atoms with Crippen molar-refractivity contribution in [2.75, 3.05) is 0 Å². The fourth-order valence-electron chi connectivity index (χ4n) is 3.11. The van der Waals surface area contributed by atoms with Crippen molar-refractivity contribution in [1.82, 2.24) is 0 Å². The van der Waals surface area contributed by atoms with Gasteiger partial charge in [-0.15, -0.1) is 0 Å². The Bertz CT molecular complexity index is 433. The van der Waals surface area contributed by atoms with E-state index in [4.69, 9.17) is 0 Å². The fraction of sp³-hybridized carbons (Fsp3) is 0.893. The Morgan fingerprint density at radius 1 is 0.579 bits per heavy atom. The molecule has 38 heavy (non-hydrogen) atoms. The molecular weight excluding hydrogens is 646 g/mol. The molecule has 0 saturated carbocycles. The van der Waals surface area contributed by atoms with Gasteiger partial charge in [-0.3, -0.25) is 0 Å². The van der Waals surface area contributed by atoms with Gasteiger partial charge in [0.2, 0.25) is 0 Å². The number of hydrogen-bond donors (Lipinski definition) is 0. The van der Waals surface area contributed by atoms with E-state index in [1.165, 1.54) is 10.6 Å². The molecule has 3 atom stereocenters. The second-order valence-electron chi connectivity index (χ2n) is 8.80. The van der Waals surface area contributed by atoms with Gasteiger partial charge in [0, 0.05) is 17.9 Å². The minimum absolute atomic E-state index is 0. The van der Waals surface area contributed by atoms with Crippen molar-refractivity contribution in [2.24, 2.45) is 17.8 Å². The zero-order valence-electron chi connectivity index (χ0n) is 27.0. The van der Waals surface area contributed by atoms with Crippen LogP contribution in [0, 0.1) is 58.6 Å². The molecular formula is C28H56AlClLiNdO6.